The highest BCUT2D eigenvalue weighted by atomic mass is 32.2. The monoisotopic (exact) mass is 325 g/mol. The number of hydrogen-bond acceptors (Lipinski definition) is 6. The van der Waals surface area contributed by atoms with Gasteiger partial charge in [-0.3, -0.25) is 4.79 Å². The molecule has 2 unspecified atom stereocenters. The second-order valence-electron chi connectivity index (χ2n) is 4.16. The van der Waals surface area contributed by atoms with E-state index in [2.05, 4.69) is 4.74 Å². The number of ether oxygens (including phenoxy) is 1. The first-order chi connectivity index (χ1) is 9.60. The van der Waals surface area contributed by atoms with Crippen LogP contribution in [0.25, 0.3) is 0 Å². The summed E-state index contributed by atoms with van der Waals surface area (Å²) in [5.74, 6) is -0.826. The van der Waals surface area contributed by atoms with Crippen molar-refractivity contribution in [2.75, 3.05) is 11.5 Å². The zero-order valence-electron chi connectivity index (χ0n) is 10.9. The van der Waals surface area contributed by atoms with Gasteiger partial charge in [-0.15, -0.1) is 13.2 Å². The molecule has 0 aromatic heterocycles. The number of aliphatic hydroxyl groups is 2. The van der Waals surface area contributed by atoms with E-state index < -0.39 is 24.3 Å². The fourth-order valence-electron chi connectivity index (χ4n) is 1.52. The van der Waals surface area contributed by atoms with Gasteiger partial charge in [0.2, 0.25) is 0 Å². The summed E-state index contributed by atoms with van der Waals surface area (Å²) < 4.78 is 40.7. The van der Waals surface area contributed by atoms with Crippen LogP contribution in [0.4, 0.5) is 18.9 Å². The first-order valence-electron chi connectivity index (χ1n) is 5.75. The molecule has 0 aliphatic heterocycles. The Bertz CT molecular complexity index is 510. The lowest BCUT2D eigenvalue weighted by molar-refractivity contribution is -0.275. The van der Waals surface area contributed by atoms with Crippen LogP contribution >= 0.6 is 11.8 Å². The van der Waals surface area contributed by atoms with Crippen molar-refractivity contribution in [2.45, 2.75) is 25.5 Å². The third kappa shape index (κ3) is 5.82. The van der Waals surface area contributed by atoms with Gasteiger partial charge in [-0.05, 0) is 18.2 Å². The van der Waals surface area contributed by atoms with Gasteiger partial charge in [0.1, 0.15) is 11.9 Å². The summed E-state index contributed by atoms with van der Waals surface area (Å²) in [6.07, 6.45) is -8.06. The van der Waals surface area contributed by atoms with Gasteiger partial charge >= 0.3 is 6.36 Å². The van der Waals surface area contributed by atoms with E-state index in [0.29, 0.717) is 0 Å². The summed E-state index contributed by atoms with van der Waals surface area (Å²) in [7, 11) is 0. The molecule has 4 N–H and O–H groups in total. The van der Waals surface area contributed by atoms with Crippen LogP contribution in [-0.4, -0.2) is 33.5 Å². The molecule has 0 radical (unpaired) electrons. The molecule has 0 saturated heterocycles. The average molecular weight is 325 g/mol. The van der Waals surface area contributed by atoms with Crippen molar-refractivity contribution in [1.29, 1.82) is 0 Å². The van der Waals surface area contributed by atoms with Crippen LogP contribution in [-0.2, 0) is 4.79 Å². The molecule has 0 saturated carbocycles. The predicted octanol–water partition coefficient (Wildman–Crippen LogP) is 1.84. The number of carbonyl (C=O) groups is 1. The Hall–Kier alpha value is -1.45. The number of benzene rings is 1. The number of halogens is 3. The Balaban J connectivity index is 2.98. The SMILES string of the molecule is CC(=O)SCC(O)C(O)c1cc(N)ccc1OC(F)(F)F. The topological polar surface area (TPSA) is 92.8 Å². The van der Waals surface area contributed by atoms with Crippen LogP contribution in [0, 0.1) is 0 Å². The average Bonchev–Trinajstić information content (AvgIpc) is 2.35. The lowest BCUT2D eigenvalue weighted by Crippen LogP contribution is -2.24. The largest absolute Gasteiger partial charge is 0.573 e. The van der Waals surface area contributed by atoms with Crippen molar-refractivity contribution in [3.8, 4) is 5.75 Å². The molecule has 0 aliphatic carbocycles. The van der Waals surface area contributed by atoms with Gasteiger partial charge in [-0.2, -0.15) is 0 Å². The molecular formula is C12H14F3NO4S. The fourth-order valence-corrected chi connectivity index (χ4v) is 2.10. The zero-order valence-corrected chi connectivity index (χ0v) is 11.7. The van der Waals surface area contributed by atoms with Gasteiger partial charge in [-0.1, -0.05) is 11.8 Å². The van der Waals surface area contributed by atoms with Crippen molar-refractivity contribution in [3.05, 3.63) is 23.8 Å². The molecule has 2 atom stereocenters. The van der Waals surface area contributed by atoms with Crippen LogP contribution in [0.2, 0.25) is 0 Å². The highest BCUT2D eigenvalue weighted by Crippen LogP contribution is 2.34. The van der Waals surface area contributed by atoms with E-state index in [9.17, 15) is 28.2 Å². The van der Waals surface area contributed by atoms with Gasteiger partial charge in [0.05, 0.1) is 6.10 Å². The van der Waals surface area contributed by atoms with Crippen LogP contribution in [0.15, 0.2) is 18.2 Å². The van der Waals surface area contributed by atoms with E-state index in [1.165, 1.54) is 13.0 Å². The Morgan fingerprint density at radius 1 is 1.43 bits per heavy atom. The van der Waals surface area contributed by atoms with Crippen molar-refractivity contribution in [1.82, 2.24) is 0 Å². The number of aliphatic hydroxyl groups excluding tert-OH is 2. The fraction of sp³-hybridized carbons (Fsp3) is 0.417. The summed E-state index contributed by atoms with van der Waals surface area (Å²) >= 11 is 0.742. The summed E-state index contributed by atoms with van der Waals surface area (Å²) in [5, 5.41) is 19.4. The number of nitrogen functional groups attached to an aromatic ring is 1. The maximum atomic E-state index is 12.3. The first kappa shape index (κ1) is 17.6. The Morgan fingerprint density at radius 3 is 2.57 bits per heavy atom. The molecule has 1 aromatic carbocycles. The van der Waals surface area contributed by atoms with Gasteiger partial charge in [0.25, 0.3) is 0 Å². The first-order valence-corrected chi connectivity index (χ1v) is 6.73. The molecule has 0 fully saturated rings. The van der Waals surface area contributed by atoms with Gasteiger partial charge in [0.15, 0.2) is 5.12 Å². The Morgan fingerprint density at radius 2 is 2.05 bits per heavy atom. The summed E-state index contributed by atoms with van der Waals surface area (Å²) in [4.78, 5) is 10.8. The van der Waals surface area contributed by atoms with E-state index in [-0.39, 0.29) is 22.1 Å². The van der Waals surface area contributed by atoms with E-state index >= 15 is 0 Å². The maximum absolute atomic E-state index is 12.3. The van der Waals surface area contributed by atoms with E-state index in [1.54, 1.807) is 0 Å². The molecule has 0 aliphatic rings. The van der Waals surface area contributed by atoms with Gasteiger partial charge in [0, 0.05) is 23.9 Å². The number of nitrogens with two attached hydrogens (primary N) is 1. The molecule has 118 valence electrons. The lowest BCUT2D eigenvalue weighted by atomic mass is 10.0. The summed E-state index contributed by atoms with van der Waals surface area (Å²) in [6, 6.07) is 3.20. The number of rotatable bonds is 5. The number of anilines is 1. The second kappa shape index (κ2) is 7.01. The molecule has 9 heteroatoms. The van der Waals surface area contributed by atoms with Gasteiger partial charge < -0.3 is 20.7 Å². The smallest absolute Gasteiger partial charge is 0.405 e. The molecule has 1 rings (SSSR count). The Kier molecular flexibility index (Phi) is 5.87. The molecule has 1 aromatic rings. The summed E-state index contributed by atoms with van der Waals surface area (Å²) in [6.45, 7) is 1.27. The van der Waals surface area contributed by atoms with Crippen molar-refractivity contribution in [2.24, 2.45) is 0 Å². The summed E-state index contributed by atoms with van der Waals surface area (Å²) in [5.41, 5.74) is 5.26. The zero-order chi connectivity index (χ0) is 16.2. The molecular weight excluding hydrogens is 311 g/mol. The van der Waals surface area contributed by atoms with Gasteiger partial charge in [-0.25, -0.2) is 0 Å². The Labute approximate surface area is 122 Å². The van der Waals surface area contributed by atoms with E-state index in [1.807, 2.05) is 0 Å². The number of hydrogen-bond donors (Lipinski definition) is 3. The minimum absolute atomic E-state index is 0.102. The standard InChI is InChI=1S/C12H14F3NO4S/c1-6(17)21-5-9(18)11(19)8-4-7(16)2-3-10(8)20-12(13,14)15/h2-4,9,11,18-19H,5,16H2,1H3. The third-order valence-corrected chi connectivity index (χ3v) is 3.31. The quantitative estimate of drug-likeness (QED) is 0.716. The van der Waals surface area contributed by atoms with Crippen molar-refractivity contribution >= 4 is 22.6 Å². The molecule has 21 heavy (non-hydrogen) atoms. The molecule has 0 heterocycles. The van der Waals surface area contributed by atoms with Crippen LogP contribution in [0.3, 0.4) is 0 Å². The third-order valence-electron chi connectivity index (χ3n) is 2.40. The normalized spacial score (nSPS) is 14.6. The number of carbonyl (C=O) groups excluding carboxylic acids is 1. The van der Waals surface area contributed by atoms with Crippen LogP contribution in [0.5, 0.6) is 5.75 Å². The highest BCUT2D eigenvalue weighted by Gasteiger charge is 2.34. The highest BCUT2D eigenvalue weighted by molar-refractivity contribution is 8.13. The van der Waals surface area contributed by atoms with Crippen LogP contribution in [0.1, 0.15) is 18.6 Å². The predicted molar refractivity (Wildman–Crippen MR) is 71.6 cm³/mol. The minimum atomic E-state index is -4.94. The van der Waals surface area contributed by atoms with E-state index in [0.717, 1.165) is 23.9 Å². The molecule has 0 spiro atoms. The lowest BCUT2D eigenvalue weighted by Gasteiger charge is -2.21. The molecule has 0 amide bonds. The number of alkyl halides is 3. The minimum Gasteiger partial charge on any atom is -0.405 e. The van der Waals surface area contributed by atoms with Crippen molar-refractivity contribution < 1.29 is 32.9 Å². The molecule has 5 nitrogen and oxygen atoms in total. The van der Waals surface area contributed by atoms with Crippen LogP contribution < -0.4 is 10.5 Å². The molecule has 0 bridgehead atoms. The maximum Gasteiger partial charge on any atom is 0.573 e. The second-order valence-corrected chi connectivity index (χ2v) is 5.36. The van der Waals surface area contributed by atoms with E-state index in [4.69, 9.17) is 5.73 Å². The van der Waals surface area contributed by atoms with Crippen molar-refractivity contribution in [3.63, 3.8) is 0 Å². The number of thioether (sulfide) groups is 1.